The highest BCUT2D eigenvalue weighted by Gasteiger charge is 2.08. The molecule has 0 aliphatic carbocycles. The summed E-state index contributed by atoms with van der Waals surface area (Å²) in [5.74, 6) is 0.0623. The van der Waals surface area contributed by atoms with Gasteiger partial charge in [0.05, 0.1) is 6.61 Å². The van der Waals surface area contributed by atoms with E-state index in [4.69, 9.17) is 4.74 Å². The molecule has 0 atom stereocenters. The Morgan fingerprint density at radius 3 is 3.00 bits per heavy atom. The molecule has 0 spiro atoms. The predicted octanol–water partition coefficient (Wildman–Crippen LogP) is 2.89. The smallest absolute Gasteiger partial charge is 0.165 e. The van der Waals surface area contributed by atoms with Crippen LogP contribution >= 0.6 is 0 Å². The Bertz CT molecular complexity index is 339. The van der Waals surface area contributed by atoms with Crippen molar-refractivity contribution in [1.29, 1.82) is 0 Å². The van der Waals surface area contributed by atoms with Crippen LogP contribution in [-0.4, -0.2) is 13.7 Å². The molecular weight excluding hydrogens is 205 g/mol. The van der Waals surface area contributed by atoms with Gasteiger partial charge in [0.2, 0.25) is 0 Å². The molecule has 0 bridgehead atoms. The van der Waals surface area contributed by atoms with E-state index in [9.17, 15) is 4.39 Å². The summed E-state index contributed by atoms with van der Waals surface area (Å²) >= 11 is 0. The lowest BCUT2D eigenvalue weighted by Crippen LogP contribution is -2.09. The number of ether oxygens (including phenoxy) is 1. The number of hydrogen-bond acceptors (Lipinski definition) is 2. The van der Waals surface area contributed by atoms with Crippen molar-refractivity contribution in [2.45, 2.75) is 19.4 Å². The third-order valence-corrected chi connectivity index (χ3v) is 2.21. The van der Waals surface area contributed by atoms with Crippen LogP contribution in [0.4, 0.5) is 4.39 Å². The van der Waals surface area contributed by atoms with E-state index >= 15 is 0 Å². The Balaban J connectivity index is 2.64. The minimum absolute atomic E-state index is 0.300. The lowest BCUT2D eigenvalue weighted by atomic mass is 10.2. The molecule has 1 rings (SSSR count). The van der Waals surface area contributed by atoms with Crippen LogP contribution in [0.25, 0.3) is 0 Å². The Kier molecular flexibility index (Phi) is 5.57. The summed E-state index contributed by atoms with van der Waals surface area (Å²) in [4.78, 5) is 0. The SMILES string of the molecule is C=CCCCOc1c(F)cccc1CNC. The summed E-state index contributed by atoms with van der Waals surface area (Å²) in [7, 11) is 1.83. The van der Waals surface area contributed by atoms with Crippen LogP contribution in [0.5, 0.6) is 5.75 Å². The van der Waals surface area contributed by atoms with Crippen LogP contribution < -0.4 is 10.1 Å². The quantitative estimate of drug-likeness (QED) is 0.567. The zero-order valence-corrected chi connectivity index (χ0v) is 9.63. The lowest BCUT2D eigenvalue weighted by Gasteiger charge is -2.11. The molecular formula is C13H18FNO. The summed E-state index contributed by atoms with van der Waals surface area (Å²) in [5, 5.41) is 2.99. The molecule has 88 valence electrons. The topological polar surface area (TPSA) is 21.3 Å². The van der Waals surface area contributed by atoms with Crippen molar-refractivity contribution in [3.8, 4) is 5.75 Å². The first-order valence-corrected chi connectivity index (χ1v) is 5.45. The molecule has 0 heterocycles. The van der Waals surface area contributed by atoms with Gasteiger partial charge in [-0.25, -0.2) is 4.39 Å². The molecule has 0 fully saturated rings. The first-order valence-electron chi connectivity index (χ1n) is 5.45. The molecule has 3 heteroatoms. The zero-order valence-electron chi connectivity index (χ0n) is 9.63. The number of para-hydroxylation sites is 1. The second-order valence-electron chi connectivity index (χ2n) is 3.54. The van der Waals surface area contributed by atoms with Gasteiger partial charge in [0, 0.05) is 12.1 Å². The molecule has 2 nitrogen and oxygen atoms in total. The van der Waals surface area contributed by atoms with Crippen molar-refractivity contribution in [3.05, 3.63) is 42.2 Å². The maximum Gasteiger partial charge on any atom is 0.165 e. The fourth-order valence-corrected chi connectivity index (χ4v) is 1.45. The molecule has 1 N–H and O–H groups in total. The van der Waals surface area contributed by atoms with Gasteiger partial charge in [0.15, 0.2) is 11.6 Å². The number of halogens is 1. The Morgan fingerprint density at radius 1 is 1.50 bits per heavy atom. The van der Waals surface area contributed by atoms with Crippen molar-refractivity contribution in [1.82, 2.24) is 5.32 Å². The first-order chi connectivity index (χ1) is 7.79. The molecule has 1 aromatic carbocycles. The standard InChI is InChI=1S/C13H18FNO/c1-3-4-5-9-16-13-11(10-15-2)7-6-8-12(13)14/h3,6-8,15H,1,4-5,9-10H2,2H3. The fourth-order valence-electron chi connectivity index (χ4n) is 1.45. The minimum Gasteiger partial charge on any atom is -0.490 e. The van der Waals surface area contributed by atoms with E-state index in [2.05, 4.69) is 11.9 Å². The Morgan fingerprint density at radius 2 is 2.31 bits per heavy atom. The van der Waals surface area contributed by atoms with Gasteiger partial charge in [-0.05, 0) is 26.0 Å². The van der Waals surface area contributed by atoms with E-state index in [0.717, 1.165) is 18.4 Å². The van der Waals surface area contributed by atoms with Crippen LogP contribution in [-0.2, 0) is 6.54 Å². The highest BCUT2D eigenvalue weighted by atomic mass is 19.1. The van der Waals surface area contributed by atoms with Crippen molar-refractivity contribution in [2.75, 3.05) is 13.7 Å². The summed E-state index contributed by atoms with van der Waals surface area (Å²) in [6.07, 6.45) is 3.58. The van der Waals surface area contributed by atoms with Gasteiger partial charge in [-0.3, -0.25) is 0 Å². The van der Waals surface area contributed by atoms with E-state index in [1.807, 2.05) is 19.2 Å². The van der Waals surface area contributed by atoms with Gasteiger partial charge >= 0.3 is 0 Å². The molecule has 0 saturated carbocycles. The largest absolute Gasteiger partial charge is 0.490 e. The zero-order chi connectivity index (χ0) is 11.8. The summed E-state index contributed by atoms with van der Waals surface area (Å²) in [6, 6.07) is 4.98. The third-order valence-electron chi connectivity index (χ3n) is 2.21. The molecule has 0 aliphatic heterocycles. The average Bonchev–Trinajstić information content (AvgIpc) is 2.28. The van der Waals surface area contributed by atoms with E-state index in [-0.39, 0.29) is 5.82 Å². The van der Waals surface area contributed by atoms with Gasteiger partial charge in [0.1, 0.15) is 0 Å². The van der Waals surface area contributed by atoms with Crippen molar-refractivity contribution < 1.29 is 9.13 Å². The molecule has 0 amide bonds. The second kappa shape index (κ2) is 7.01. The van der Waals surface area contributed by atoms with Gasteiger partial charge in [-0.1, -0.05) is 18.2 Å². The molecule has 0 saturated heterocycles. The van der Waals surface area contributed by atoms with Gasteiger partial charge in [-0.2, -0.15) is 0 Å². The second-order valence-corrected chi connectivity index (χ2v) is 3.54. The number of unbranched alkanes of at least 4 members (excludes halogenated alkanes) is 1. The average molecular weight is 223 g/mol. The predicted molar refractivity (Wildman–Crippen MR) is 64.1 cm³/mol. The molecule has 0 radical (unpaired) electrons. The van der Waals surface area contributed by atoms with Crippen LogP contribution in [0.2, 0.25) is 0 Å². The van der Waals surface area contributed by atoms with Crippen molar-refractivity contribution >= 4 is 0 Å². The summed E-state index contributed by atoms with van der Waals surface area (Å²) in [5.41, 5.74) is 0.848. The monoisotopic (exact) mass is 223 g/mol. The van der Waals surface area contributed by atoms with E-state index < -0.39 is 0 Å². The number of rotatable bonds is 7. The Hall–Kier alpha value is -1.35. The van der Waals surface area contributed by atoms with Crippen LogP contribution in [0, 0.1) is 5.82 Å². The molecule has 1 aromatic rings. The van der Waals surface area contributed by atoms with E-state index in [0.29, 0.717) is 18.9 Å². The van der Waals surface area contributed by atoms with Crippen LogP contribution in [0.15, 0.2) is 30.9 Å². The van der Waals surface area contributed by atoms with Gasteiger partial charge < -0.3 is 10.1 Å². The van der Waals surface area contributed by atoms with Crippen molar-refractivity contribution in [2.24, 2.45) is 0 Å². The van der Waals surface area contributed by atoms with Gasteiger partial charge in [-0.15, -0.1) is 6.58 Å². The maximum absolute atomic E-state index is 13.5. The van der Waals surface area contributed by atoms with Gasteiger partial charge in [0.25, 0.3) is 0 Å². The molecule has 16 heavy (non-hydrogen) atoms. The highest BCUT2D eigenvalue weighted by Crippen LogP contribution is 2.22. The number of nitrogens with one attached hydrogen (secondary N) is 1. The molecule has 0 unspecified atom stereocenters. The number of benzene rings is 1. The van der Waals surface area contributed by atoms with E-state index in [1.54, 1.807) is 6.07 Å². The minimum atomic E-state index is -0.300. The Labute approximate surface area is 96.1 Å². The maximum atomic E-state index is 13.5. The van der Waals surface area contributed by atoms with E-state index in [1.165, 1.54) is 6.07 Å². The first kappa shape index (κ1) is 12.7. The number of hydrogen-bond donors (Lipinski definition) is 1. The molecule has 0 aliphatic rings. The fraction of sp³-hybridized carbons (Fsp3) is 0.385. The third kappa shape index (κ3) is 3.66. The summed E-state index contributed by atoms with van der Waals surface area (Å²) < 4.78 is 19.0. The number of allylic oxidation sites excluding steroid dienone is 1. The normalized spacial score (nSPS) is 10.1. The molecule has 0 aromatic heterocycles. The lowest BCUT2D eigenvalue weighted by molar-refractivity contribution is 0.293. The highest BCUT2D eigenvalue weighted by molar-refractivity contribution is 5.34. The van der Waals surface area contributed by atoms with Crippen LogP contribution in [0.3, 0.4) is 0 Å². The summed E-state index contributed by atoms with van der Waals surface area (Å²) in [6.45, 7) is 4.75. The van der Waals surface area contributed by atoms with Crippen LogP contribution in [0.1, 0.15) is 18.4 Å². The van der Waals surface area contributed by atoms with Crippen molar-refractivity contribution in [3.63, 3.8) is 0 Å².